The molecular weight excluding hydrogens is 412 g/mol. The molecule has 7 N–H and O–H groups in total. The van der Waals surface area contributed by atoms with Gasteiger partial charge in [0.1, 0.15) is 53.0 Å². The second kappa shape index (κ2) is 9.50. The van der Waals surface area contributed by atoms with Crippen LogP contribution in [0.5, 0.6) is 23.0 Å². The number of rotatable bonds is 7. The number of Topliss-reactive ketones (excluding diaryl/α,β-unsaturated/α-hetero) is 1. The highest BCUT2D eigenvalue weighted by Crippen LogP contribution is 2.36. The number of phenols is 3. The molecule has 1 fully saturated rings. The maximum absolute atomic E-state index is 12.8. The summed E-state index contributed by atoms with van der Waals surface area (Å²) in [5.41, 5.74) is 0.495. The predicted octanol–water partition coefficient (Wildman–Crippen LogP) is -0.202. The lowest BCUT2D eigenvalue weighted by atomic mass is 9.99. The zero-order chi connectivity index (χ0) is 22.7. The average Bonchev–Trinajstić information content (AvgIpc) is 2.73. The third-order valence-electron chi connectivity index (χ3n) is 5.01. The van der Waals surface area contributed by atoms with E-state index in [2.05, 4.69) is 0 Å². The lowest BCUT2D eigenvalue weighted by Gasteiger charge is -2.39. The number of carbonyl (C=O) groups excluding carboxylic acids is 1. The number of hydrogen-bond acceptors (Lipinski definition) is 10. The van der Waals surface area contributed by atoms with Crippen LogP contribution in [-0.2, 0) is 11.2 Å². The Labute approximate surface area is 177 Å². The highest BCUT2D eigenvalue weighted by Gasteiger charge is 2.45. The fraction of sp³-hybridized carbons (Fsp3) is 0.381. The Balaban J connectivity index is 1.82. The summed E-state index contributed by atoms with van der Waals surface area (Å²) in [6.07, 6.45) is -7.61. The SMILES string of the molecule is O=C(CCc1ccc(O)cc1)c1c(O)cc(O)cc1O[C@@H]1O[C@H](CO)[C@@H](O)[C@@H](O)[C@@H]1O. The first-order valence-corrected chi connectivity index (χ1v) is 9.55. The Bertz CT molecular complexity index is 911. The van der Waals surface area contributed by atoms with Crippen LogP contribution in [0.1, 0.15) is 22.3 Å². The summed E-state index contributed by atoms with van der Waals surface area (Å²) in [4.78, 5) is 12.8. The van der Waals surface area contributed by atoms with Crippen LogP contribution in [0.3, 0.4) is 0 Å². The van der Waals surface area contributed by atoms with Crippen molar-refractivity contribution in [2.24, 2.45) is 0 Å². The second-order valence-electron chi connectivity index (χ2n) is 7.24. The molecule has 168 valence electrons. The number of aliphatic hydroxyl groups excluding tert-OH is 4. The standard InChI is InChI=1S/C21H24O10/c22-9-16-18(27)19(28)20(29)21(31-16)30-15-8-12(24)7-14(26)17(15)13(25)6-3-10-1-4-11(23)5-2-10/h1-2,4-5,7-8,16,18-24,26-29H,3,6,9H2/t16-,18-,19-,20+,21-/m1/s1. The molecule has 0 amide bonds. The molecular formula is C21H24O10. The summed E-state index contributed by atoms with van der Waals surface area (Å²) in [5, 5.41) is 68.6. The molecule has 10 heteroatoms. The van der Waals surface area contributed by atoms with E-state index in [-0.39, 0.29) is 23.5 Å². The number of benzene rings is 2. The molecule has 3 rings (SSSR count). The molecule has 0 radical (unpaired) electrons. The van der Waals surface area contributed by atoms with Gasteiger partial charge in [0.25, 0.3) is 0 Å². The summed E-state index contributed by atoms with van der Waals surface area (Å²) in [5.74, 6) is -1.74. The lowest BCUT2D eigenvalue weighted by molar-refractivity contribution is -0.277. The Morgan fingerprint density at radius 3 is 2.26 bits per heavy atom. The van der Waals surface area contributed by atoms with Gasteiger partial charge in [-0.05, 0) is 24.1 Å². The summed E-state index contributed by atoms with van der Waals surface area (Å²) >= 11 is 0. The van der Waals surface area contributed by atoms with Crippen LogP contribution in [0.2, 0.25) is 0 Å². The third-order valence-corrected chi connectivity index (χ3v) is 5.01. The molecule has 0 unspecified atom stereocenters. The fourth-order valence-electron chi connectivity index (χ4n) is 3.30. The molecule has 10 nitrogen and oxygen atoms in total. The van der Waals surface area contributed by atoms with Crippen LogP contribution in [-0.4, -0.2) is 78.8 Å². The van der Waals surface area contributed by atoms with Crippen LogP contribution in [0.15, 0.2) is 36.4 Å². The van der Waals surface area contributed by atoms with E-state index >= 15 is 0 Å². The smallest absolute Gasteiger partial charge is 0.229 e. The van der Waals surface area contributed by atoms with E-state index in [0.29, 0.717) is 6.42 Å². The summed E-state index contributed by atoms with van der Waals surface area (Å²) in [6, 6.07) is 8.23. The number of ketones is 1. The largest absolute Gasteiger partial charge is 0.508 e. The minimum Gasteiger partial charge on any atom is -0.508 e. The van der Waals surface area contributed by atoms with Crippen molar-refractivity contribution in [3.63, 3.8) is 0 Å². The molecule has 2 aromatic carbocycles. The van der Waals surface area contributed by atoms with Crippen molar-refractivity contribution < 1.29 is 50.0 Å². The lowest BCUT2D eigenvalue weighted by Crippen LogP contribution is -2.60. The molecule has 31 heavy (non-hydrogen) atoms. The first kappa shape index (κ1) is 22.8. The molecule has 0 saturated carbocycles. The second-order valence-corrected chi connectivity index (χ2v) is 7.24. The van der Waals surface area contributed by atoms with Crippen LogP contribution in [0.25, 0.3) is 0 Å². The van der Waals surface area contributed by atoms with Crippen molar-refractivity contribution in [2.75, 3.05) is 6.61 Å². The van der Waals surface area contributed by atoms with Crippen LogP contribution >= 0.6 is 0 Å². The normalized spacial score (nSPS) is 25.9. The van der Waals surface area contributed by atoms with Crippen LogP contribution < -0.4 is 4.74 Å². The number of aliphatic hydroxyl groups is 4. The quantitative estimate of drug-likeness (QED) is 0.288. The van der Waals surface area contributed by atoms with Gasteiger partial charge in [0, 0.05) is 18.6 Å². The van der Waals surface area contributed by atoms with Crippen LogP contribution in [0, 0.1) is 0 Å². The van der Waals surface area contributed by atoms with Gasteiger partial charge in [-0.25, -0.2) is 0 Å². The minimum atomic E-state index is -1.73. The predicted molar refractivity (Wildman–Crippen MR) is 105 cm³/mol. The van der Waals surface area contributed by atoms with Crippen molar-refractivity contribution in [2.45, 2.75) is 43.5 Å². The Kier molecular flexibility index (Phi) is 6.98. The maximum Gasteiger partial charge on any atom is 0.229 e. The van der Waals surface area contributed by atoms with Gasteiger partial charge in [-0.15, -0.1) is 0 Å². The fourth-order valence-corrected chi connectivity index (χ4v) is 3.30. The van der Waals surface area contributed by atoms with Gasteiger partial charge in [0.15, 0.2) is 5.78 Å². The molecule has 1 heterocycles. The van der Waals surface area contributed by atoms with Crippen molar-refractivity contribution in [1.29, 1.82) is 0 Å². The number of phenolic OH excluding ortho intramolecular Hbond substituents is 3. The monoisotopic (exact) mass is 436 g/mol. The third kappa shape index (κ3) is 5.06. The van der Waals surface area contributed by atoms with Gasteiger partial charge < -0.3 is 45.2 Å². The van der Waals surface area contributed by atoms with Crippen molar-refractivity contribution in [3.8, 4) is 23.0 Å². The topological polar surface area (TPSA) is 177 Å². The van der Waals surface area contributed by atoms with Gasteiger partial charge >= 0.3 is 0 Å². The van der Waals surface area contributed by atoms with E-state index in [4.69, 9.17) is 9.47 Å². The zero-order valence-electron chi connectivity index (χ0n) is 16.3. The molecule has 1 aliphatic rings. The highest BCUT2D eigenvalue weighted by atomic mass is 16.7. The Morgan fingerprint density at radius 2 is 1.61 bits per heavy atom. The van der Waals surface area contributed by atoms with E-state index in [0.717, 1.165) is 17.7 Å². The number of ether oxygens (including phenoxy) is 2. The van der Waals surface area contributed by atoms with E-state index in [9.17, 15) is 40.5 Å². The molecule has 0 spiro atoms. The molecule has 5 atom stereocenters. The number of aromatic hydroxyl groups is 3. The van der Waals surface area contributed by atoms with E-state index < -0.39 is 54.6 Å². The summed E-state index contributed by atoms with van der Waals surface area (Å²) in [6.45, 7) is -0.672. The molecule has 2 aromatic rings. The maximum atomic E-state index is 12.8. The zero-order valence-corrected chi connectivity index (χ0v) is 16.3. The van der Waals surface area contributed by atoms with Crippen molar-refractivity contribution >= 4 is 5.78 Å². The van der Waals surface area contributed by atoms with Gasteiger partial charge in [0.2, 0.25) is 6.29 Å². The van der Waals surface area contributed by atoms with Gasteiger partial charge in [0.05, 0.1) is 6.61 Å². The Hall–Kier alpha value is -2.89. The Morgan fingerprint density at radius 1 is 0.935 bits per heavy atom. The molecule has 0 aromatic heterocycles. The molecule has 1 aliphatic heterocycles. The summed E-state index contributed by atoms with van der Waals surface area (Å²) < 4.78 is 10.7. The van der Waals surface area contributed by atoms with E-state index in [1.54, 1.807) is 12.1 Å². The highest BCUT2D eigenvalue weighted by molar-refractivity contribution is 6.01. The number of carbonyl (C=O) groups is 1. The van der Waals surface area contributed by atoms with Crippen LogP contribution in [0.4, 0.5) is 0 Å². The number of hydrogen-bond donors (Lipinski definition) is 7. The van der Waals surface area contributed by atoms with Gasteiger partial charge in [-0.1, -0.05) is 12.1 Å². The van der Waals surface area contributed by atoms with Gasteiger partial charge in [-0.2, -0.15) is 0 Å². The minimum absolute atomic E-state index is 0.0475. The van der Waals surface area contributed by atoms with Crippen molar-refractivity contribution in [1.82, 2.24) is 0 Å². The van der Waals surface area contributed by atoms with E-state index in [1.807, 2.05) is 0 Å². The van der Waals surface area contributed by atoms with Crippen molar-refractivity contribution in [3.05, 3.63) is 47.5 Å². The number of aryl methyl sites for hydroxylation is 1. The molecule has 1 saturated heterocycles. The molecule has 0 bridgehead atoms. The average molecular weight is 436 g/mol. The first-order chi connectivity index (χ1) is 14.7. The summed E-state index contributed by atoms with van der Waals surface area (Å²) in [7, 11) is 0. The van der Waals surface area contributed by atoms with E-state index in [1.165, 1.54) is 12.1 Å². The van der Waals surface area contributed by atoms with Gasteiger partial charge in [-0.3, -0.25) is 4.79 Å². The molecule has 0 aliphatic carbocycles. The first-order valence-electron chi connectivity index (χ1n) is 9.55.